The van der Waals surface area contributed by atoms with E-state index in [0.29, 0.717) is 16.9 Å². The predicted octanol–water partition coefficient (Wildman–Crippen LogP) is 4.58. The fourth-order valence-corrected chi connectivity index (χ4v) is 3.69. The Labute approximate surface area is 119 Å². The molecule has 19 heavy (non-hydrogen) atoms. The van der Waals surface area contributed by atoms with Crippen LogP contribution in [0, 0.1) is 17.8 Å². The summed E-state index contributed by atoms with van der Waals surface area (Å²) < 4.78 is 0. The summed E-state index contributed by atoms with van der Waals surface area (Å²) in [5, 5.41) is 10.2. The molecule has 3 heteroatoms. The number of carbonyl (C=O) groups is 1. The Bertz CT molecular complexity index is 431. The second kappa shape index (κ2) is 5.96. The first-order chi connectivity index (χ1) is 8.97. The average Bonchev–Trinajstić information content (AvgIpc) is 2.30. The summed E-state index contributed by atoms with van der Waals surface area (Å²) in [5.41, 5.74) is 0.878. The highest BCUT2D eigenvalue weighted by molar-refractivity contribution is 6.30. The minimum absolute atomic E-state index is 0.234. The SMILES string of the molecule is CC1CC(C)CC(C(C(=O)O)c2ccc(Cl)cc2)C1. The van der Waals surface area contributed by atoms with Crippen molar-refractivity contribution >= 4 is 17.6 Å². The molecular formula is C16H21ClO2. The van der Waals surface area contributed by atoms with Gasteiger partial charge >= 0.3 is 5.97 Å². The molecule has 2 rings (SSSR count). The van der Waals surface area contributed by atoms with Gasteiger partial charge in [-0.05, 0) is 54.7 Å². The summed E-state index contributed by atoms with van der Waals surface area (Å²) >= 11 is 5.88. The topological polar surface area (TPSA) is 37.3 Å². The molecule has 1 aliphatic carbocycles. The van der Waals surface area contributed by atoms with Crippen molar-refractivity contribution in [1.82, 2.24) is 0 Å². The van der Waals surface area contributed by atoms with E-state index in [9.17, 15) is 9.90 Å². The Morgan fingerprint density at radius 2 is 1.68 bits per heavy atom. The van der Waals surface area contributed by atoms with Gasteiger partial charge in [-0.2, -0.15) is 0 Å². The first-order valence-electron chi connectivity index (χ1n) is 6.95. The second-order valence-electron chi connectivity index (χ2n) is 6.04. The molecule has 1 fully saturated rings. The van der Waals surface area contributed by atoms with E-state index in [-0.39, 0.29) is 5.92 Å². The Hall–Kier alpha value is -1.02. The molecule has 0 aromatic heterocycles. The minimum atomic E-state index is -0.714. The van der Waals surface area contributed by atoms with Crippen LogP contribution in [0.15, 0.2) is 24.3 Å². The lowest BCUT2D eigenvalue weighted by molar-refractivity contribution is -0.140. The van der Waals surface area contributed by atoms with Crippen LogP contribution in [0.5, 0.6) is 0 Å². The summed E-state index contributed by atoms with van der Waals surface area (Å²) in [6, 6.07) is 7.27. The van der Waals surface area contributed by atoms with Crippen LogP contribution in [0.3, 0.4) is 0 Å². The summed E-state index contributed by atoms with van der Waals surface area (Å²) in [5.74, 6) is 0.347. The molecule has 0 heterocycles. The molecule has 3 unspecified atom stereocenters. The second-order valence-corrected chi connectivity index (χ2v) is 6.48. The highest BCUT2D eigenvalue weighted by atomic mass is 35.5. The molecule has 0 aliphatic heterocycles. The van der Waals surface area contributed by atoms with Gasteiger partial charge in [-0.25, -0.2) is 0 Å². The maximum atomic E-state index is 11.7. The van der Waals surface area contributed by atoms with Gasteiger partial charge in [-0.1, -0.05) is 37.6 Å². The maximum Gasteiger partial charge on any atom is 0.311 e. The molecular weight excluding hydrogens is 260 g/mol. The van der Waals surface area contributed by atoms with Crippen LogP contribution >= 0.6 is 11.6 Å². The average molecular weight is 281 g/mol. The largest absolute Gasteiger partial charge is 0.481 e. The summed E-state index contributed by atoms with van der Waals surface area (Å²) in [6.07, 6.45) is 3.22. The number of aliphatic carboxylic acids is 1. The molecule has 104 valence electrons. The van der Waals surface area contributed by atoms with Crippen LogP contribution in [0.1, 0.15) is 44.6 Å². The Balaban J connectivity index is 2.24. The molecule has 0 radical (unpaired) electrons. The monoisotopic (exact) mass is 280 g/mol. The molecule has 1 aromatic carbocycles. The highest BCUT2D eigenvalue weighted by Crippen LogP contribution is 2.41. The number of carboxylic acids is 1. The van der Waals surface area contributed by atoms with Gasteiger partial charge in [0.2, 0.25) is 0 Å². The van der Waals surface area contributed by atoms with Crippen LogP contribution in [0.25, 0.3) is 0 Å². The van der Waals surface area contributed by atoms with Crippen molar-refractivity contribution in [3.63, 3.8) is 0 Å². The van der Waals surface area contributed by atoms with Gasteiger partial charge in [0.05, 0.1) is 5.92 Å². The number of hydrogen-bond donors (Lipinski definition) is 1. The van der Waals surface area contributed by atoms with Crippen molar-refractivity contribution in [2.45, 2.75) is 39.0 Å². The van der Waals surface area contributed by atoms with E-state index in [0.717, 1.165) is 18.4 Å². The van der Waals surface area contributed by atoms with Crippen LogP contribution in [-0.2, 0) is 4.79 Å². The van der Waals surface area contributed by atoms with Crippen molar-refractivity contribution < 1.29 is 9.90 Å². The lowest BCUT2D eigenvalue weighted by Gasteiger charge is -2.35. The number of hydrogen-bond acceptors (Lipinski definition) is 1. The van der Waals surface area contributed by atoms with E-state index in [4.69, 9.17) is 11.6 Å². The first kappa shape index (κ1) is 14.4. The third-order valence-corrected chi connectivity index (χ3v) is 4.43. The van der Waals surface area contributed by atoms with Crippen LogP contribution in [-0.4, -0.2) is 11.1 Å². The van der Waals surface area contributed by atoms with Crippen LogP contribution in [0.2, 0.25) is 5.02 Å². The van der Waals surface area contributed by atoms with Gasteiger partial charge in [-0.3, -0.25) is 4.79 Å². The zero-order chi connectivity index (χ0) is 14.0. The predicted molar refractivity (Wildman–Crippen MR) is 77.5 cm³/mol. The normalized spacial score (nSPS) is 28.9. The molecule has 0 saturated heterocycles. The molecule has 1 N–H and O–H groups in total. The van der Waals surface area contributed by atoms with E-state index in [1.807, 2.05) is 12.1 Å². The molecule has 0 amide bonds. The molecule has 2 nitrogen and oxygen atoms in total. The Morgan fingerprint density at radius 3 is 2.16 bits per heavy atom. The molecule has 1 aromatic rings. The summed E-state index contributed by atoms with van der Waals surface area (Å²) in [7, 11) is 0. The fourth-order valence-electron chi connectivity index (χ4n) is 3.57. The zero-order valence-corrected chi connectivity index (χ0v) is 12.2. The smallest absolute Gasteiger partial charge is 0.311 e. The first-order valence-corrected chi connectivity index (χ1v) is 7.33. The van der Waals surface area contributed by atoms with Crippen molar-refractivity contribution in [3.05, 3.63) is 34.9 Å². The number of rotatable bonds is 3. The number of halogens is 1. The van der Waals surface area contributed by atoms with Gasteiger partial charge in [0.25, 0.3) is 0 Å². The number of carboxylic acid groups (broad SMARTS) is 1. The van der Waals surface area contributed by atoms with Crippen LogP contribution < -0.4 is 0 Å². The van der Waals surface area contributed by atoms with E-state index >= 15 is 0 Å². The third-order valence-electron chi connectivity index (χ3n) is 4.18. The van der Waals surface area contributed by atoms with E-state index < -0.39 is 11.9 Å². The maximum absolute atomic E-state index is 11.7. The quantitative estimate of drug-likeness (QED) is 0.880. The Morgan fingerprint density at radius 1 is 1.16 bits per heavy atom. The van der Waals surface area contributed by atoms with Crippen molar-refractivity contribution in [1.29, 1.82) is 0 Å². The third kappa shape index (κ3) is 3.50. The van der Waals surface area contributed by atoms with Crippen molar-refractivity contribution in [3.8, 4) is 0 Å². The van der Waals surface area contributed by atoms with Gasteiger partial charge in [0, 0.05) is 5.02 Å². The van der Waals surface area contributed by atoms with Gasteiger partial charge in [0.1, 0.15) is 0 Å². The fraction of sp³-hybridized carbons (Fsp3) is 0.562. The van der Waals surface area contributed by atoms with Gasteiger partial charge in [0.15, 0.2) is 0 Å². The lowest BCUT2D eigenvalue weighted by atomic mass is 9.70. The Kier molecular flexibility index (Phi) is 4.51. The minimum Gasteiger partial charge on any atom is -0.481 e. The van der Waals surface area contributed by atoms with Gasteiger partial charge in [-0.15, -0.1) is 0 Å². The molecule has 1 saturated carbocycles. The van der Waals surface area contributed by atoms with Crippen LogP contribution in [0.4, 0.5) is 0 Å². The molecule has 1 aliphatic rings. The van der Waals surface area contributed by atoms with E-state index in [2.05, 4.69) is 13.8 Å². The summed E-state index contributed by atoms with van der Waals surface area (Å²) in [6.45, 7) is 4.45. The summed E-state index contributed by atoms with van der Waals surface area (Å²) in [4.78, 5) is 11.7. The van der Waals surface area contributed by atoms with Crippen molar-refractivity contribution in [2.75, 3.05) is 0 Å². The van der Waals surface area contributed by atoms with E-state index in [1.165, 1.54) is 6.42 Å². The molecule has 0 bridgehead atoms. The molecule has 0 spiro atoms. The zero-order valence-electron chi connectivity index (χ0n) is 11.5. The van der Waals surface area contributed by atoms with Gasteiger partial charge < -0.3 is 5.11 Å². The lowest BCUT2D eigenvalue weighted by Crippen LogP contribution is -2.29. The highest BCUT2D eigenvalue weighted by Gasteiger charge is 2.34. The number of benzene rings is 1. The van der Waals surface area contributed by atoms with E-state index in [1.54, 1.807) is 12.1 Å². The standard InChI is InChI=1S/C16H21ClO2/c1-10-7-11(2)9-13(8-10)15(16(18)19)12-3-5-14(17)6-4-12/h3-6,10-11,13,15H,7-9H2,1-2H3,(H,18,19). The van der Waals surface area contributed by atoms with Crippen molar-refractivity contribution in [2.24, 2.45) is 17.8 Å². The molecule has 3 atom stereocenters.